The average molecular weight is 388 g/mol. The van der Waals surface area contributed by atoms with Crippen LogP contribution in [0.3, 0.4) is 0 Å². The van der Waals surface area contributed by atoms with E-state index in [0.29, 0.717) is 12.1 Å². The highest BCUT2D eigenvalue weighted by atomic mass is 15.3. The molecule has 3 aromatic heterocycles. The maximum Gasteiger partial charge on any atom is 0.151 e. The highest BCUT2D eigenvalue weighted by molar-refractivity contribution is 5.97. The molecule has 148 valence electrons. The molecule has 8 heteroatoms. The van der Waals surface area contributed by atoms with Crippen molar-refractivity contribution >= 4 is 16.7 Å². The molecule has 2 N–H and O–H groups in total. The van der Waals surface area contributed by atoms with Crippen LogP contribution in [0.5, 0.6) is 0 Å². The smallest absolute Gasteiger partial charge is 0.151 e. The van der Waals surface area contributed by atoms with Crippen molar-refractivity contribution in [1.29, 1.82) is 0 Å². The van der Waals surface area contributed by atoms with Crippen molar-refractivity contribution in [1.82, 2.24) is 35.5 Å². The summed E-state index contributed by atoms with van der Waals surface area (Å²) in [6, 6.07) is 11.1. The number of hydrogen-bond donors (Lipinski definition) is 2. The second-order valence-electron chi connectivity index (χ2n) is 7.66. The van der Waals surface area contributed by atoms with E-state index in [2.05, 4.69) is 55.7 Å². The zero-order valence-corrected chi connectivity index (χ0v) is 16.6. The van der Waals surface area contributed by atoms with E-state index in [-0.39, 0.29) is 0 Å². The third kappa shape index (κ3) is 3.25. The van der Waals surface area contributed by atoms with Crippen molar-refractivity contribution < 1.29 is 0 Å². The topological polar surface area (TPSA) is 87.6 Å². The molecule has 0 spiro atoms. The molecule has 29 heavy (non-hydrogen) atoms. The molecule has 0 saturated carbocycles. The van der Waals surface area contributed by atoms with Gasteiger partial charge >= 0.3 is 0 Å². The fourth-order valence-electron chi connectivity index (χ4n) is 4.15. The van der Waals surface area contributed by atoms with Gasteiger partial charge in [-0.3, -0.25) is 5.10 Å². The molecule has 4 aromatic rings. The largest absolute Gasteiger partial charge is 0.355 e. The number of nitrogens with one attached hydrogen (secondary N) is 2. The Bertz CT molecular complexity index is 1100. The summed E-state index contributed by atoms with van der Waals surface area (Å²) in [5.74, 6) is 0.905. The lowest BCUT2D eigenvalue weighted by atomic mass is 9.99. The van der Waals surface area contributed by atoms with Gasteiger partial charge in [-0.2, -0.15) is 10.2 Å². The maximum absolute atomic E-state index is 4.53. The number of H-pyrrole nitrogens is 1. The molecule has 4 heterocycles. The summed E-state index contributed by atoms with van der Waals surface area (Å²) in [7, 11) is 2.11. The molecule has 8 nitrogen and oxygen atoms in total. The summed E-state index contributed by atoms with van der Waals surface area (Å²) in [6.45, 7) is 3.28. The molecule has 1 saturated heterocycles. The van der Waals surface area contributed by atoms with Crippen molar-refractivity contribution in [3.8, 4) is 16.9 Å². The van der Waals surface area contributed by atoms with Gasteiger partial charge in [-0.05, 0) is 56.6 Å². The van der Waals surface area contributed by atoms with E-state index in [1.807, 2.05) is 41.3 Å². The van der Waals surface area contributed by atoms with Gasteiger partial charge in [0, 0.05) is 42.5 Å². The first-order valence-electron chi connectivity index (χ1n) is 9.97. The van der Waals surface area contributed by atoms with Crippen LogP contribution in [0.2, 0.25) is 0 Å². The predicted molar refractivity (Wildman–Crippen MR) is 113 cm³/mol. The SMILES string of the molecule is CC1CC(N(C)c2ccc(-c3ccc(-n4cccn4)c4cn[nH]c34)nn2)CCN1. The molecular weight excluding hydrogens is 364 g/mol. The summed E-state index contributed by atoms with van der Waals surface area (Å²) < 4.78 is 1.84. The summed E-state index contributed by atoms with van der Waals surface area (Å²) in [4.78, 5) is 2.25. The molecule has 1 aromatic carbocycles. The lowest BCUT2D eigenvalue weighted by molar-refractivity contribution is 0.370. The van der Waals surface area contributed by atoms with E-state index in [4.69, 9.17) is 0 Å². The predicted octanol–water partition coefficient (Wildman–Crippen LogP) is 2.78. The highest BCUT2D eigenvalue weighted by Crippen LogP contribution is 2.30. The summed E-state index contributed by atoms with van der Waals surface area (Å²) >= 11 is 0. The molecule has 0 amide bonds. The molecule has 0 aliphatic carbocycles. The molecule has 1 aliphatic rings. The Morgan fingerprint density at radius 2 is 2.10 bits per heavy atom. The number of nitrogens with zero attached hydrogens (tertiary/aromatic N) is 6. The maximum atomic E-state index is 4.53. The van der Waals surface area contributed by atoms with Crippen LogP contribution in [0.4, 0.5) is 5.82 Å². The van der Waals surface area contributed by atoms with Crippen LogP contribution in [0.1, 0.15) is 19.8 Å². The first kappa shape index (κ1) is 17.8. The van der Waals surface area contributed by atoms with E-state index in [1.165, 1.54) is 0 Å². The van der Waals surface area contributed by atoms with Crippen LogP contribution >= 0.6 is 0 Å². The van der Waals surface area contributed by atoms with Gasteiger partial charge in [-0.15, -0.1) is 10.2 Å². The standard InChI is InChI=1S/C21H24N8/c1-14-12-15(8-10-22-14)28(2)20-7-5-18(25-26-20)16-4-6-19(29-11-3-9-24-29)17-13-23-27-21(16)17/h3-7,9,11,13-15,22H,8,10,12H2,1-2H3,(H,23,27). The van der Waals surface area contributed by atoms with Crippen LogP contribution in [0.25, 0.3) is 27.8 Å². The van der Waals surface area contributed by atoms with Crippen molar-refractivity contribution in [3.05, 3.63) is 48.9 Å². The Labute approximate surface area is 168 Å². The quantitative estimate of drug-likeness (QED) is 0.559. The Morgan fingerprint density at radius 1 is 1.17 bits per heavy atom. The number of rotatable bonds is 4. The second-order valence-corrected chi connectivity index (χ2v) is 7.66. The molecule has 2 unspecified atom stereocenters. The Kier molecular flexibility index (Phi) is 4.48. The van der Waals surface area contributed by atoms with E-state index in [0.717, 1.165) is 53.1 Å². The van der Waals surface area contributed by atoms with Gasteiger partial charge in [0.05, 0.1) is 23.1 Å². The van der Waals surface area contributed by atoms with Crippen LogP contribution in [0, 0.1) is 0 Å². The van der Waals surface area contributed by atoms with Gasteiger partial charge in [0.15, 0.2) is 5.82 Å². The van der Waals surface area contributed by atoms with Gasteiger partial charge in [0.2, 0.25) is 0 Å². The molecule has 1 fully saturated rings. The number of benzene rings is 1. The zero-order valence-electron chi connectivity index (χ0n) is 16.6. The van der Waals surface area contributed by atoms with Crippen LogP contribution in [-0.4, -0.2) is 55.9 Å². The van der Waals surface area contributed by atoms with E-state index in [1.54, 1.807) is 6.20 Å². The van der Waals surface area contributed by atoms with Crippen LogP contribution < -0.4 is 10.2 Å². The molecular formula is C21H24N8. The average Bonchev–Trinajstić information content (AvgIpc) is 3.45. The number of aromatic nitrogens is 6. The number of aromatic amines is 1. The van der Waals surface area contributed by atoms with Gasteiger partial charge < -0.3 is 10.2 Å². The van der Waals surface area contributed by atoms with Crippen LogP contribution in [-0.2, 0) is 0 Å². The minimum Gasteiger partial charge on any atom is -0.355 e. The molecule has 0 bridgehead atoms. The normalized spacial score (nSPS) is 19.5. The number of piperidine rings is 1. The first-order chi connectivity index (χ1) is 14.2. The first-order valence-corrected chi connectivity index (χ1v) is 9.97. The molecule has 0 radical (unpaired) electrons. The lowest BCUT2D eigenvalue weighted by Crippen LogP contribution is -2.45. The zero-order chi connectivity index (χ0) is 19.8. The fraction of sp³-hybridized carbons (Fsp3) is 0.333. The van der Waals surface area contributed by atoms with E-state index < -0.39 is 0 Å². The molecule has 5 rings (SSSR count). The van der Waals surface area contributed by atoms with Crippen LogP contribution in [0.15, 0.2) is 48.9 Å². The van der Waals surface area contributed by atoms with Gasteiger partial charge in [-0.25, -0.2) is 4.68 Å². The summed E-state index contributed by atoms with van der Waals surface area (Å²) in [6.07, 6.45) is 7.75. The monoisotopic (exact) mass is 388 g/mol. The number of hydrogen-bond acceptors (Lipinski definition) is 6. The Hall–Kier alpha value is -3.26. The van der Waals surface area contributed by atoms with Crippen molar-refractivity contribution in [2.45, 2.75) is 31.8 Å². The minimum absolute atomic E-state index is 0.485. The fourth-order valence-corrected chi connectivity index (χ4v) is 4.15. The van der Waals surface area contributed by atoms with Crippen molar-refractivity contribution in [2.24, 2.45) is 0 Å². The van der Waals surface area contributed by atoms with E-state index in [9.17, 15) is 0 Å². The summed E-state index contributed by atoms with van der Waals surface area (Å²) in [5, 5.41) is 25.2. The molecule has 1 aliphatic heterocycles. The highest BCUT2D eigenvalue weighted by Gasteiger charge is 2.23. The van der Waals surface area contributed by atoms with Gasteiger partial charge in [0.25, 0.3) is 0 Å². The second kappa shape index (κ2) is 7.29. The number of fused-ring (bicyclic) bond motifs is 1. The third-order valence-corrected chi connectivity index (χ3v) is 5.78. The minimum atomic E-state index is 0.485. The van der Waals surface area contributed by atoms with E-state index >= 15 is 0 Å². The third-order valence-electron chi connectivity index (χ3n) is 5.78. The molecule has 2 atom stereocenters. The van der Waals surface area contributed by atoms with Crippen molar-refractivity contribution in [3.63, 3.8) is 0 Å². The van der Waals surface area contributed by atoms with Gasteiger partial charge in [-0.1, -0.05) is 0 Å². The lowest BCUT2D eigenvalue weighted by Gasteiger charge is -2.35. The number of anilines is 1. The Balaban J connectivity index is 1.45. The van der Waals surface area contributed by atoms with Gasteiger partial charge in [0.1, 0.15) is 0 Å². The Morgan fingerprint density at radius 3 is 2.86 bits per heavy atom. The van der Waals surface area contributed by atoms with Crippen molar-refractivity contribution in [2.75, 3.05) is 18.5 Å². The summed E-state index contributed by atoms with van der Waals surface area (Å²) in [5.41, 5.74) is 3.71.